The highest BCUT2D eigenvalue weighted by Crippen LogP contribution is 2.10. The zero-order valence-electron chi connectivity index (χ0n) is 15.0. The van der Waals surface area contributed by atoms with Gasteiger partial charge in [-0.05, 0) is 18.6 Å². The minimum Gasteiger partial charge on any atom is -0.338 e. The Hall–Kier alpha value is -2.73. The quantitative estimate of drug-likeness (QED) is 0.821. The molecule has 0 N–H and O–H groups in total. The van der Waals surface area contributed by atoms with Crippen molar-refractivity contribution >= 4 is 12.0 Å². The smallest absolute Gasteiger partial charge is 0.267 e. The van der Waals surface area contributed by atoms with E-state index in [4.69, 9.17) is 0 Å². The first-order chi connectivity index (χ1) is 12.6. The Bertz CT molecular complexity index is 808. The van der Waals surface area contributed by atoms with E-state index in [0.717, 1.165) is 19.6 Å². The van der Waals surface area contributed by atoms with Crippen LogP contribution in [-0.2, 0) is 4.79 Å². The van der Waals surface area contributed by atoms with E-state index in [0.29, 0.717) is 13.1 Å². The highest BCUT2D eigenvalue weighted by atomic mass is 16.2. The average Bonchev–Trinajstić information content (AvgIpc) is 2.69. The van der Waals surface area contributed by atoms with Crippen LogP contribution in [0.25, 0.3) is 6.08 Å². The molecule has 1 saturated heterocycles. The Balaban J connectivity index is 1.50. The van der Waals surface area contributed by atoms with Crippen molar-refractivity contribution in [1.82, 2.24) is 19.6 Å². The molecule has 6 nitrogen and oxygen atoms in total. The fourth-order valence-electron chi connectivity index (χ4n) is 3.08. The molecule has 0 radical (unpaired) electrons. The molecule has 0 saturated carbocycles. The van der Waals surface area contributed by atoms with Crippen molar-refractivity contribution in [2.75, 3.05) is 32.7 Å². The van der Waals surface area contributed by atoms with Gasteiger partial charge in [-0.2, -0.15) is 5.10 Å². The maximum atomic E-state index is 12.7. The summed E-state index contributed by atoms with van der Waals surface area (Å²) in [5, 5.41) is 4.02. The Morgan fingerprint density at radius 3 is 2.54 bits per heavy atom. The third-order valence-electron chi connectivity index (χ3n) is 4.62. The minimum atomic E-state index is -0.576. The predicted molar refractivity (Wildman–Crippen MR) is 102 cm³/mol. The monoisotopic (exact) mass is 352 g/mol. The highest BCUT2D eigenvalue weighted by molar-refractivity contribution is 5.80. The molecular formula is C20H24N4O2. The summed E-state index contributed by atoms with van der Waals surface area (Å²) in [6, 6.07) is 12.6. The molecule has 1 fully saturated rings. The maximum absolute atomic E-state index is 12.7. The van der Waals surface area contributed by atoms with E-state index in [9.17, 15) is 9.59 Å². The lowest BCUT2D eigenvalue weighted by atomic mass is 10.2. The number of carbonyl (C=O) groups is 1. The van der Waals surface area contributed by atoms with E-state index in [1.165, 1.54) is 22.5 Å². The number of benzene rings is 1. The largest absolute Gasteiger partial charge is 0.338 e. The summed E-state index contributed by atoms with van der Waals surface area (Å²) in [7, 11) is 0. The first-order valence-electron chi connectivity index (χ1n) is 8.92. The fourth-order valence-corrected chi connectivity index (χ4v) is 3.08. The molecule has 0 spiro atoms. The van der Waals surface area contributed by atoms with Gasteiger partial charge in [-0.1, -0.05) is 42.5 Å². The van der Waals surface area contributed by atoms with Crippen molar-refractivity contribution in [2.45, 2.75) is 13.0 Å². The van der Waals surface area contributed by atoms with Crippen molar-refractivity contribution in [3.63, 3.8) is 0 Å². The van der Waals surface area contributed by atoms with E-state index in [-0.39, 0.29) is 11.5 Å². The van der Waals surface area contributed by atoms with Gasteiger partial charge >= 0.3 is 0 Å². The molecule has 0 bridgehead atoms. The summed E-state index contributed by atoms with van der Waals surface area (Å²) in [6.07, 6.45) is 5.80. The molecule has 1 aromatic heterocycles. The maximum Gasteiger partial charge on any atom is 0.267 e. The molecule has 1 aromatic carbocycles. The molecule has 1 unspecified atom stereocenters. The highest BCUT2D eigenvalue weighted by Gasteiger charge is 2.26. The number of nitrogens with zero attached hydrogens (tertiary/aromatic N) is 4. The molecule has 3 rings (SSSR count). The summed E-state index contributed by atoms with van der Waals surface area (Å²) in [6.45, 7) is 5.59. The fraction of sp³-hybridized carbons (Fsp3) is 0.350. The van der Waals surface area contributed by atoms with Gasteiger partial charge in [-0.25, -0.2) is 4.68 Å². The molecule has 136 valence electrons. The van der Waals surface area contributed by atoms with Crippen LogP contribution in [-0.4, -0.2) is 58.2 Å². The summed E-state index contributed by atoms with van der Waals surface area (Å²) in [5.41, 5.74) is 0.939. The van der Waals surface area contributed by atoms with Crippen molar-refractivity contribution in [3.05, 3.63) is 70.7 Å². The van der Waals surface area contributed by atoms with Crippen LogP contribution in [0.4, 0.5) is 0 Å². The number of aromatic nitrogens is 2. The van der Waals surface area contributed by atoms with E-state index in [1.807, 2.05) is 23.1 Å². The molecule has 1 atom stereocenters. The molecule has 1 aliphatic heterocycles. The lowest BCUT2D eigenvalue weighted by molar-refractivity contribution is -0.136. The molecule has 2 heterocycles. The second kappa shape index (κ2) is 8.58. The van der Waals surface area contributed by atoms with E-state index in [2.05, 4.69) is 34.3 Å². The van der Waals surface area contributed by atoms with Crippen LogP contribution in [0.5, 0.6) is 0 Å². The number of piperazine rings is 1. The van der Waals surface area contributed by atoms with Gasteiger partial charge in [0.2, 0.25) is 5.91 Å². The molecule has 1 aliphatic rings. The SMILES string of the molecule is CC(C(=O)N1CCN(C/C=C/c2ccccc2)CC1)n1ncccc1=O. The Labute approximate surface area is 153 Å². The summed E-state index contributed by atoms with van der Waals surface area (Å²) in [4.78, 5) is 28.6. The normalized spacial score (nSPS) is 16.7. The molecule has 1 amide bonds. The lowest BCUT2D eigenvalue weighted by Crippen LogP contribution is -2.51. The van der Waals surface area contributed by atoms with E-state index < -0.39 is 6.04 Å². The van der Waals surface area contributed by atoms with Gasteiger partial charge in [-0.15, -0.1) is 0 Å². The van der Waals surface area contributed by atoms with Gasteiger partial charge < -0.3 is 4.90 Å². The van der Waals surface area contributed by atoms with Crippen LogP contribution >= 0.6 is 0 Å². The Morgan fingerprint density at radius 1 is 1.12 bits per heavy atom. The predicted octanol–water partition coefficient (Wildman–Crippen LogP) is 1.66. The third-order valence-corrected chi connectivity index (χ3v) is 4.62. The lowest BCUT2D eigenvalue weighted by Gasteiger charge is -2.35. The Kier molecular flexibility index (Phi) is 5.96. The van der Waals surface area contributed by atoms with Crippen molar-refractivity contribution in [1.29, 1.82) is 0 Å². The van der Waals surface area contributed by atoms with Gasteiger partial charge in [0.05, 0.1) is 0 Å². The van der Waals surface area contributed by atoms with Crippen molar-refractivity contribution < 1.29 is 4.79 Å². The second-order valence-corrected chi connectivity index (χ2v) is 6.42. The van der Waals surface area contributed by atoms with Gasteiger partial charge in [0.1, 0.15) is 6.04 Å². The van der Waals surface area contributed by atoms with E-state index in [1.54, 1.807) is 13.0 Å². The van der Waals surface area contributed by atoms with Gasteiger partial charge in [0.15, 0.2) is 0 Å². The van der Waals surface area contributed by atoms with Crippen LogP contribution < -0.4 is 5.56 Å². The number of hydrogen-bond acceptors (Lipinski definition) is 4. The topological polar surface area (TPSA) is 58.4 Å². The molecule has 2 aromatic rings. The van der Waals surface area contributed by atoms with Gasteiger partial charge in [0, 0.05) is 45.0 Å². The zero-order chi connectivity index (χ0) is 18.4. The van der Waals surface area contributed by atoms with Crippen LogP contribution in [0.1, 0.15) is 18.5 Å². The van der Waals surface area contributed by atoms with Crippen molar-refractivity contribution in [2.24, 2.45) is 0 Å². The number of amides is 1. The van der Waals surface area contributed by atoms with Crippen LogP contribution in [0.2, 0.25) is 0 Å². The molecule has 6 heteroatoms. The first kappa shape index (κ1) is 18.1. The summed E-state index contributed by atoms with van der Waals surface area (Å²) in [5.74, 6) is -0.0507. The summed E-state index contributed by atoms with van der Waals surface area (Å²) >= 11 is 0. The average molecular weight is 352 g/mol. The molecular weight excluding hydrogens is 328 g/mol. The van der Waals surface area contributed by atoms with E-state index >= 15 is 0 Å². The van der Waals surface area contributed by atoms with Gasteiger partial charge in [-0.3, -0.25) is 14.5 Å². The third kappa shape index (κ3) is 4.46. The Morgan fingerprint density at radius 2 is 1.85 bits per heavy atom. The van der Waals surface area contributed by atoms with Crippen LogP contribution in [0.15, 0.2) is 59.5 Å². The van der Waals surface area contributed by atoms with Crippen molar-refractivity contribution in [3.8, 4) is 0 Å². The number of hydrogen-bond donors (Lipinski definition) is 0. The standard InChI is InChI=1S/C20H24N4O2/c1-17(24-19(25)10-5-11-21-24)20(26)23-15-13-22(14-16-23)12-6-9-18-7-3-2-4-8-18/h2-11,17H,12-16H2,1H3/b9-6+. The molecule has 0 aliphatic carbocycles. The van der Waals surface area contributed by atoms with Crippen LogP contribution in [0.3, 0.4) is 0 Å². The zero-order valence-corrected chi connectivity index (χ0v) is 15.0. The number of rotatable bonds is 5. The first-order valence-corrected chi connectivity index (χ1v) is 8.92. The summed E-state index contributed by atoms with van der Waals surface area (Å²) < 4.78 is 1.25. The molecule has 26 heavy (non-hydrogen) atoms. The second-order valence-electron chi connectivity index (χ2n) is 6.42. The van der Waals surface area contributed by atoms with Gasteiger partial charge in [0.25, 0.3) is 5.56 Å². The number of carbonyl (C=O) groups excluding carboxylic acids is 1. The minimum absolute atomic E-state index is 0.0507. The van der Waals surface area contributed by atoms with Crippen LogP contribution in [0, 0.1) is 0 Å².